The Hall–Kier alpha value is -3.93. The SMILES string of the molecule is COC1CC(C2[OH+]C3CC(O)CC(O[C@@H]4O[C@H](CO)[C@@H](O)[C@H](O)[C@H]4O)C3CC2O[C@@H]2O[C@H](COC(=O)C=CC3CCC(O[C@@H]4O[C@H](COC(=O)C=CC5CCC(O)C(O[C@@H]6O[C@H](CO)[C@@H](O)[C@H](O)[C@H]6O)C5)[C@@H](O)[C@H](O)[C@H]4O)C(O)C3)[C@@H](O)[C@H](O)[C@H]2O[C@@H]2O[C@H](COC(=O)C=CC3CCC(O)C(O[C@@H]4O[C@H](CO)[C@@H](O)[C@H](O)[C@H]4O)C3)[C@@H](O)[C@H](O)[C@H]2O)CCC1O. The molecule has 12 aliphatic rings. The zero-order chi connectivity index (χ0) is 89.6. The molecule has 7 aliphatic heterocycles. The minimum atomic E-state index is -2.18. The molecule has 124 heavy (non-hydrogen) atoms. The van der Waals surface area contributed by atoms with Crippen LogP contribution in [0.3, 0.4) is 0 Å². The minimum absolute atomic E-state index is 0.0390. The van der Waals surface area contributed by atoms with Gasteiger partial charge in [0.2, 0.25) is 0 Å². The number of aliphatic hydroxyl groups is 27. The monoisotopic (exact) mass is 1790 g/mol. The van der Waals surface area contributed by atoms with Gasteiger partial charge in [-0.3, -0.25) is 0 Å². The first-order valence-electron chi connectivity index (χ1n) is 42.5. The average Bonchev–Trinajstić information content (AvgIpc) is 0.757. The molecule has 0 amide bonds. The van der Waals surface area contributed by atoms with Gasteiger partial charge in [0, 0.05) is 44.1 Å². The van der Waals surface area contributed by atoms with Crippen molar-refractivity contribution in [3.8, 4) is 0 Å². The molecule has 0 radical (unpaired) electrons. The van der Waals surface area contributed by atoms with Gasteiger partial charge < -0.3 is 208 Å². The lowest BCUT2D eigenvalue weighted by molar-refractivity contribution is -0.390. The van der Waals surface area contributed by atoms with Gasteiger partial charge in [0.15, 0.2) is 49.9 Å². The van der Waals surface area contributed by atoms with Gasteiger partial charge in [0.25, 0.3) is 0 Å². The van der Waals surface area contributed by atoms with Crippen LogP contribution in [0.2, 0.25) is 0 Å². The highest BCUT2D eigenvalue weighted by atomic mass is 16.8. The summed E-state index contributed by atoms with van der Waals surface area (Å²) in [6, 6.07) is 0. The molecule has 45 nitrogen and oxygen atoms in total. The smallest absolute Gasteiger partial charge is 0.330 e. The van der Waals surface area contributed by atoms with E-state index in [9.17, 15) is 142 Å². The van der Waals surface area contributed by atoms with Crippen LogP contribution in [-0.2, 0) is 90.2 Å². The summed E-state index contributed by atoms with van der Waals surface area (Å²) in [6.45, 7) is -4.55. The van der Waals surface area contributed by atoms with Crippen LogP contribution in [0.15, 0.2) is 36.5 Å². The molecule has 0 spiro atoms. The highest BCUT2D eigenvalue weighted by molar-refractivity contribution is 5.82. The van der Waals surface area contributed by atoms with Crippen molar-refractivity contribution in [2.45, 2.75) is 360 Å². The number of fused-ring (bicyclic) bond motifs is 1. The van der Waals surface area contributed by atoms with Crippen molar-refractivity contribution in [1.29, 1.82) is 0 Å². The highest BCUT2D eigenvalue weighted by Crippen LogP contribution is 2.46. The van der Waals surface area contributed by atoms with E-state index in [-0.39, 0.29) is 77.0 Å². The second kappa shape index (κ2) is 44.5. The van der Waals surface area contributed by atoms with Gasteiger partial charge in [0.05, 0.1) is 86.8 Å². The first-order valence-corrected chi connectivity index (χ1v) is 42.5. The molecular weight excluding hydrogens is 1670 g/mol. The minimum Gasteiger partial charge on any atom is -0.460 e. The molecule has 0 aromatic heterocycles. The Morgan fingerprint density at radius 3 is 1.08 bits per heavy atom. The molecule has 0 bridgehead atoms. The van der Waals surface area contributed by atoms with Crippen molar-refractivity contribution >= 4 is 17.9 Å². The second-order valence-electron chi connectivity index (χ2n) is 34.7. The lowest BCUT2D eigenvalue weighted by Gasteiger charge is -2.51. The molecule has 26 N–H and O–H groups in total. The van der Waals surface area contributed by atoms with Crippen molar-refractivity contribution in [1.82, 2.24) is 0 Å². The Bertz CT molecular complexity index is 3420. The Labute approximate surface area is 710 Å². The van der Waals surface area contributed by atoms with E-state index in [0.717, 1.165) is 18.2 Å². The summed E-state index contributed by atoms with van der Waals surface area (Å²) in [5.74, 6) is -5.63. The van der Waals surface area contributed by atoms with E-state index in [4.69, 9.17) is 80.5 Å². The summed E-state index contributed by atoms with van der Waals surface area (Å²) in [5.41, 5.74) is 0. The molecule has 5 saturated carbocycles. The van der Waals surface area contributed by atoms with E-state index in [1.807, 2.05) is 0 Å². The zero-order valence-corrected chi connectivity index (χ0v) is 67.9. The largest absolute Gasteiger partial charge is 0.460 e. The average molecular weight is 1790 g/mol. The fourth-order valence-electron chi connectivity index (χ4n) is 18.8. The standard InChI is InChI=1S/C79H124O45/c1-108-42-19-32(8-11-35(42)84)72-45(22-34-40(112-72)20-33(83)21-41(34)114-75-67(103)61(97)55(91)46(23-80)118-75)117-79-73(124-78-71(107)65(101)59(95)50(122-78)27-110-54(90)15-7-31-3-10-37(86)44(18-31)116-77-69(105)63(99)57(93)48(25-82)120-77)66(102)60(96)51(123-79)28-111-52(88)13-5-29-4-12-39(38(87)16-29)113-74-70(106)64(100)58(94)49(121-74)26-109-53(89)14-6-30-2-9-36(85)43(17-30)115-76-68(104)62(98)56(92)47(24-81)119-76/h5-7,13-15,29-51,55-87,91-107H,2-4,8-12,16-28H2,1H3/p+1/t29?,30?,31?,32?,33?,34?,35?,36?,37?,38?,39?,40?,41?,42?,43?,44?,45?,46-,47-,48-,49-,50-,51-,55-,56-,57-,58-,59-,60-,61+,62+,63+,64+,65+,66+,67-,68-,69-,70-,71-,72?,73-,74-,75-,76-,77-,78+,79-/m1/s1. The molecule has 45 heteroatoms. The highest BCUT2D eigenvalue weighted by Gasteiger charge is 2.60. The van der Waals surface area contributed by atoms with Crippen LogP contribution in [0.4, 0.5) is 0 Å². The third-order valence-corrected chi connectivity index (χ3v) is 26.3. The lowest BCUT2D eigenvalue weighted by Crippen LogP contribution is -2.66. The van der Waals surface area contributed by atoms with Crippen LogP contribution in [0, 0.1) is 29.6 Å². The third-order valence-electron chi connectivity index (χ3n) is 26.3. The Kier molecular flexibility index (Phi) is 35.6. The van der Waals surface area contributed by atoms with Crippen molar-refractivity contribution in [2.75, 3.05) is 46.8 Å². The van der Waals surface area contributed by atoms with E-state index in [1.165, 1.54) is 25.3 Å². The number of aliphatic hydroxyl groups excluding tert-OH is 25. The number of esters is 3. The van der Waals surface area contributed by atoms with Gasteiger partial charge in [0.1, 0.15) is 172 Å². The van der Waals surface area contributed by atoms with E-state index in [1.54, 1.807) is 0 Å². The number of methoxy groups -OCH3 is 1. The molecule has 710 valence electrons. The summed E-state index contributed by atoms with van der Waals surface area (Å²) in [5, 5.41) is 271. The topological polar surface area (TPSA) is 717 Å². The molecule has 12 fully saturated rings. The normalized spacial score (nSPS) is 49.4. The summed E-state index contributed by atoms with van der Waals surface area (Å²) in [6.07, 6.45) is -56.9. The van der Waals surface area contributed by atoms with E-state index in [0.29, 0.717) is 19.3 Å². The number of carbonyl (C=O) groups excluding carboxylic acids is 3. The predicted octanol–water partition coefficient (Wildman–Crippen LogP) is -11.8. The Balaban J connectivity index is 0.694. The number of rotatable bonds is 29. The fourth-order valence-corrected chi connectivity index (χ4v) is 18.8. The van der Waals surface area contributed by atoms with Crippen LogP contribution in [0.1, 0.15) is 96.3 Å². The maximum atomic E-state index is 13.8. The molecule has 5 aliphatic carbocycles. The number of hydrogen-bond acceptors (Lipinski definition) is 44. The third kappa shape index (κ3) is 23.6. The molecular formula is C79H125O45+. The fraction of sp³-hybridized carbons (Fsp3) is 0.886. The first-order chi connectivity index (χ1) is 59.1. The summed E-state index contributed by atoms with van der Waals surface area (Å²) < 4.78 is 99.3. The van der Waals surface area contributed by atoms with Crippen molar-refractivity contribution in [3.63, 3.8) is 0 Å². The van der Waals surface area contributed by atoms with Crippen LogP contribution in [-0.4, -0.2) is 461 Å². The molecule has 7 saturated heterocycles. The van der Waals surface area contributed by atoms with Crippen molar-refractivity contribution < 1.29 is 223 Å². The zero-order valence-electron chi connectivity index (χ0n) is 67.9. The van der Waals surface area contributed by atoms with Crippen LogP contribution in [0.25, 0.3) is 0 Å². The maximum Gasteiger partial charge on any atom is 0.330 e. The van der Waals surface area contributed by atoms with Gasteiger partial charge in [-0.1, -0.05) is 18.2 Å². The number of ether oxygens (including phenoxy) is 17. The lowest BCUT2D eigenvalue weighted by atomic mass is 9.72. The van der Waals surface area contributed by atoms with Crippen LogP contribution >= 0.6 is 0 Å². The van der Waals surface area contributed by atoms with Gasteiger partial charge in [-0.2, -0.15) is 0 Å². The number of carbonyl (C=O) groups is 3. The Morgan fingerprint density at radius 2 is 0.661 bits per heavy atom. The molecule has 0 aromatic carbocycles. The van der Waals surface area contributed by atoms with E-state index < -0.39 is 351 Å². The maximum absolute atomic E-state index is 13.8. The van der Waals surface area contributed by atoms with Crippen molar-refractivity contribution in [3.05, 3.63) is 36.5 Å². The number of hydrogen-bond donors (Lipinski definition) is 25. The van der Waals surface area contributed by atoms with E-state index in [2.05, 4.69) is 0 Å². The molecule has 18 unspecified atom stereocenters. The van der Waals surface area contributed by atoms with Crippen LogP contribution in [0.5, 0.6) is 0 Å². The molecule has 0 aromatic rings. The predicted molar refractivity (Wildman–Crippen MR) is 402 cm³/mol. The van der Waals surface area contributed by atoms with E-state index >= 15 is 0 Å². The number of allylic oxidation sites excluding steroid dienone is 3. The van der Waals surface area contributed by atoms with Gasteiger partial charge in [-0.05, 0) is 101 Å². The van der Waals surface area contributed by atoms with Crippen molar-refractivity contribution in [2.24, 2.45) is 29.6 Å². The first kappa shape index (κ1) is 99.1. The summed E-state index contributed by atoms with van der Waals surface area (Å²) in [7, 11) is 1.41. The summed E-state index contributed by atoms with van der Waals surface area (Å²) in [4.78, 5) is 40.2. The van der Waals surface area contributed by atoms with Gasteiger partial charge >= 0.3 is 17.9 Å². The molecule has 12 rings (SSSR count). The molecule has 7 heterocycles. The van der Waals surface area contributed by atoms with Gasteiger partial charge in [-0.15, -0.1) is 0 Å². The molecule has 48 atom stereocenters. The van der Waals surface area contributed by atoms with Crippen LogP contribution < -0.4 is 0 Å². The quantitative estimate of drug-likeness (QED) is 0.0143. The summed E-state index contributed by atoms with van der Waals surface area (Å²) >= 11 is 0. The Morgan fingerprint density at radius 1 is 0.315 bits per heavy atom. The van der Waals surface area contributed by atoms with Gasteiger partial charge in [-0.25, -0.2) is 14.4 Å². The second-order valence-corrected chi connectivity index (χ2v) is 34.7.